The van der Waals surface area contributed by atoms with E-state index < -0.39 is 17.9 Å². The summed E-state index contributed by atoms with van der Waals surface area (Å²) in [6, 6.07) is 12.7. The van der Waals surface area contributed by atoms with Crippen molar-refractivity contribution >= 4 is 22.8 Å². The van der Waals surface area contributed by atoms with Crippen LogP contribution in [0.4, 0.5) is 4.39 Å². The Morgan fingerprint density at radius 1 is 1.11 bits per heavy atom. The number of rotatable bonds is 6. The molecule has 0 aliphatic heterocycles. The summed E-state index contributed by atoms with van der Waals surface area (Å²) in [6.45, 7) is 3.97. The molecule has 0 radical (unpaired) electrons. The zero-order valence-electron chi connectivity index (χ0n) is 15.1. The lowest BCUT2D eigenvalue weighted by atomic mass is 10.0. The van der Waals surface area contributed by atoms with Crippen molar-refractivity contribution in [3.8, 4) is 0 Å². The summed E-state index contributed by atoms with van der Waals surface area (Å²) in [5, 5.41) is 12.7. The van der Waals surface area contributed by atoms with E-state index in [-0.39, 0.29) is 11.7 Å². The molecule has 2 aromatic carbocycles. The van der Waals surface area contributed by atoms with Crippen LogP contribution < -0.4 is 5.32 Å². The summed E-state index contributed by atoms with van der Waals surface area (Å²) in [5.41, 5.74) is 2.16. The molecular weight excluding hydrogens is 347 g/mol. The van der Waals surface area contributed by atoms with Gasteiger partial charge in [0.05, 0.1) is 5.56 Å². The number of nitrogens with zero attached hydrogens (tertiary/aromatic N) is 1. The van der Waals surface area contributed by atoms with Crippen molar-refractivity contribution in [1.82, 2.24) is 9.88 Å². The Labute approximate surface area is 156 Å². The predicted molar refractivity (Wildman–Crippen MR) is 101 cm³/mol. The molecule has 2 N–H and O–H groups in total. The topological polar surface area (TPSA) is 71.3 Å². The summed E-state index contributed by atoms with van der Waals surface area (Å²) in [7, 11) is 0. The molecule has 27 heavy (non-hydrogen) atoms. The number of benzene rings is 2. The van der Waals surface area contributed by atoms with Gasteiger partial charge in [-0.1, -0.05) is 44.2 Å². The van der Waals surface area contributed by atoms with Gasteiger partial charge in [-0.25, -0.2) is 9.18 Å². The number of para-hydroxylation sites is 1. The van der Waals surface area contributed by atoms with Crippen molar-refractivity contribution in [2.45, 2.75) is 26.4 Å². The second-order valence-electron chi connectivity index (χ2n) is 6.85. The fourth-order valence-corrected chi connectivity index (χ4v) is 3.08. The number of fused-ring (bicyclic) bond motifs is 1. The molecule has 3 aromatic rings. The summed E-state index contributed by atoms with van der Waals surface area (Å²) >= 11 is 0. The highest BCUT2D eigenvalue weighted by Crippen LogP contribution is 2.23. The van der Waals surface area contributed by atoms with Crippen LogP contribution in [0.25, 0.3) is 10.9 Å². The van der Waals surface area contributed by atoms with E-state index in [9.17, 15) is 19.1 Å². The van der Waals surface area contributed by atoms with Crippen LogP contribution in [0.15, 0.2) is 54.7 Å². The van der Waals surface area contributed by atoms with Crippen LogP contribution in [0, 0.1) is 11.7 Å². The maximum Gasteiger partial charge on any atom is 0.326 e. The minimum atomic E-state index is -1.06. The first-order chi connectivity index (χ1) is 12.9. The molecule has 140 valence electrons. The average molecular weight is 368 g/mol. The lowest BCUT2D eigenvalue weighted by molar-refractivity contribution is -0.140. The third-order valence-corrected chi connectivity index (χ3v) is 4.52. The van der Waals surface area contributed by atoms with E-state index in [2.05, 4.69) is 5.32 Å². The van der Waals surface area contributed by atoms with Gasteiger partial charge in [-0.15, -0.1) is 0 Å². The first-order valence-corrected chi connectivity index (χ1v) is 8.73. The van der Waals surface area contributed by atoms with Gasteiger partial charge >= 0.3 is 5.97 Å². The Hall–Kier alpha value is -3.15. The number of carbonyl (C=O) groups is 2. The number of carboxylic acid groups (broad SMARTS) is 1. The van der Waals surface area contributed by atoms with Crippen LogP contribution in [-0.2, 0) is 11.3 Å². The molecule has 3 rings (SSSR count). The van der Waals surface area contributed by atoms with Gasteiger partial charge in [0.2, 0.25) is 0 Å². The van der Waals surface area contributed by atoms with Crippen LogP contribution in [0.3, 0.4) is 0 Å². The first-order valence-electron chi connectivity index (χ1n) is 8.73. The third-order valence-electron chi connectivity index (χ3n) is 4.52. The van der Waals surface area contributed by atoms with Crippen molar-refractivity contribution < 1.29 is 19.1 Å². The Bertz CT molecular complexity index is 977. The molecule has 1 heterocycles. The van der Waals surface area contributed by atoms with Gasteiger partial charge in [0.1, 0.15) is 11.9 Å². The number of hydrogen-bond donors (Lipinski definition) is 2. The fraction of sp³-hybridized carbons (Fsp3) is 0.238. The molecule has 1 aromatic heterocycles. The second kappa shape index (κ2) is 7.61. The van der Waals surface area contributed by atoms with Gasteiger partial charge in [-0.05, 0) is 29.7 Å². The molecule has 1 unspecified atom stereocenters. The SMILES string of the molecule is CC(C)C(NC(=O)c1cn(Cc2ccc(F)cc2)c2ccccc12)C(=O)O. The van der Waals surface area contributed by atoms with Crippen LogP contribution in [-0.4, -0.2) is 27.6 Å². The monoisotopic (exact) mass is 368 g/mol. The molecule has 0 saturated carbocycles. The Morgan fingerprint density at radius 3 is 2.41 bits per heavy atom. The van der Waals surface area contributed by atoms with Gasteiger partial charge < -0.3 is 15.0 Å². The number of carboxylic acids is 1. The first kappa shape index (κ1) is 18.6. The van der Waals surface area contributed by atoms with Crippen LogP contribution in [0.2, 0.25) is 0 Å². The number of carbonyl (C=O) groups excluding carboxylic acids is 1. The molecule has 0 aliphatic rings. The number of hydrogen-bond acceptors (Lipinski definition) is 2. The second-order valence-corrected chi connectivity index (χ2v) is 6.85. The molecule has 0 spiro atoms. The van der Waals surface area contributed by atoms with Gasteiger partial charge in [-0.2, -0.15) is 0 Å². The molecule has 5 nitrogen and oxygen atoms in total. The molecule has 0 fully saturated rings. The molecule has 1 atom stereocenters. The Balaban J connectivity index is 1.95. The van der Waals surface area contributed by atoms with Crippen LogP contribution in [0.1, 0.15) is 29.8 Å². The summed E-state index contributed by atoms with van der Waals surface area (Å²) in [6.07, 6.45) is 1.71. The minimum Gasteiger partial charge on any atom is -0.480 e. The predicted octanol–water partition coefficient (Wildman–Crippen LogP) is 3.67. The lowest BCUT2D eigenvalue weighted by Gasteiger charge is -2.17. The van der Waals surface area contributed by atoms with E-state index in [0.717, 1.165) is 16.5 Å². The summed E-state index contributed by atoms with van der Waals surface area (Å²) in [5.74, 6) is -2.03. The molecular formula is C21H21FN2O3. The molecule has 0 saturated heterocycles. The largest absolute Gasteiger partial charge is 0.480 e. The number of halogens is 1. The number of aliphatic carboxylic acids is 1. The van der Waals surface area contributed by atoms with E-state index in [1.165, 1.54) is 12.1 Å². The normalized spacial score (nSPS) is 12.3. The minimum absolute atomic E-state index is 0.237. The van der Waals surface area contributed by atoms with E-state index in [1.54, 1.807) is 32.2 Å². The zero-order valence-corrected chi connectivity index (χ0v) is 15.1. The Kier molecular flexibility index (Phi) is 5.26. The van der Waals surface area contributed by atoms with Crippen LogP contribution in [0.5, 0.6) is 0 Å². The Morgan fingerprint density at radius 2 is 1.78 bits per heavy atom. The molecule has 0 bridgehead atoms. The van der Waals surface area contributed by atoms with Crippen molar-refractivity contribution in [2.24, 2.45) is 5.92 Å². The maximum absolute atomic E-state index is 13.1. The lowest BCUT2D eigenvalue weighted by Crippen LogP contribution is -2.44. The van der Waals surface area contributed by atoms with Crippen molar-refractivity contribution in [3.05, 3.63) is 71.7 Å². The van der Waals surface area contributed by atoms with Gasteiger partial charge in [0.25, 0.3) is 5.91 Å². The smallest absolute Gasteiger partial charge is 0.326 e. The highest BCUT2D eigenvalue weighted by molar-refractivity contribution is 6.08. The third kappa shape index (κ3) is 4.00. The van der Waals surface area contributed by atoms with E-state index >= 15 is 0 Å². The zero-order chi connectivity index (χ0) is 19.6. The molecule has 1 amide bonds. The summed E-state index contributed by atoms with van der Waals surface area (Å²) < 4.78 is 15.0. The van der Waals surface area contributed by atoms with Gasteiger partial charge in [0.15, 0.2) is 0 Å². The standard InChI is InChI=1S/C21H21FN2O3/c1-13(2)19(21(26)27)23-20(25)17-12-24(18-6-4-3-5-16(17)18)11-14-7-9-15(22)10-8-14/h3-10,12-13,19H,11H2,1-2H3,(H,23,25)(H,26,27). The van der Waals surface area contributed by atoms with Crippen molar-refractivity contribution in [2.75, 3.05) is 0 Å². The molecule has 6 heteroatoms. The number of nitrogens with one attached hydrogen (secondary N) is 1. The quantitative estimate of drug-likeness (QED) is 0.697. The van der Waals surface area contributed by atoms with Gasteiger partial charge in [-0.3, -0.25) is 4.79 Å². The van der Waals surface area contributed by atoms with Gasteiger partial charge in [0, 0.05) is 23.6 Å². The fourth-order valence-electron chi connectivity index (χ4n) is 3.08. The van der Waals surface area contributed by atoms with E-state index in [1.807, 2.05) is 28.8 Å². The highest BCUT2D eigenvalue weighted by atomic mass is 19.1. The maximum atomic E-state index is 13.1. The average Bonchev–Trinajstić information content (AvgIpc) is 3.00. The van der Waals surface area contributed by atoms with E-state index in [4.69, 9.17) is 0 Å². The van der Waals surface area contributed by atoms with Crippen molar-refractivity contribution in [1.29, 1.82) is 0 Å². The van der Waals surface area contributed by atoms with E-state index in [0.29, 0.717) is 12.1 Å². The number of amides is 1. The molecule has 0 aliphatic carbocycles. The number of aromatic nitrogens is 1. The highest BCUT2D eigenvalue weighted by Gasteiger charge is 2.25. The van der Waals surface area contributed by atoms with Crippen LogP contribution >= 0.6 is 0 Å². The van der Waals surface area contributed by atoms with Crippen molar-refractivity contribution in [3.63, 3.8) is 0 Å². The summed E-state index contributed by atoms with van der Waals surface area (Å²) in [4.78, 5) is 24.1.